The summed E-state index contributed by atoms with van der Waals surface area (Å²) in [4.78, 5) is 0. The number of benzene rings is 1. The van der Waals surface area contributed by atoms with E-state index in [1.807, 2.05) is 0 Å². The van der Waals surface area contributed by atoms with Gasteiger partial charge in [-0.15, -0.1) is 0 Å². The van der Waals surface area contributed by atoms with Crippen molar-refractivity contribution in [2.24, 2.45) is 5.92 Å². The van der Waals surface area contributed by atoms with Crippen LogP contribution in [-0.4, -0.2) is 18.6 Å². The second-order valence-electron chi connectivity index (χ2n) is 6.22. The topological polar surface area (TPSA) is 24.1 Å². The highest BCUT2D eigenvalue weighted by molar-refractivity contribution is 5.51. The van der Waals surface area contributed by atoms with Crippen molar-refractivity contribution in [1.82, 2.24) is 5.32 Å². The Kier molecular flexibility index (Phi) is 4.07. The van der Waals surface area contributed by atoms with Gasteiger partial charge in [-0.2, -0.15) is 0 Å². The molecule has 1 saturated heterocycles. The van der Waals surface area contributed by atoms with E-state index in [1.165, 1.54) is 56.3 Å². The normalized spacial score (nSPS) is 31.3. The summed E-state index contributed by atoms with van der Waals surface area (Å²) in [6.07, 6.45) is 8.24. The summed E-state index contributed by atoms with van der Waals surface area (Å²) in [6.45, 7) is 3.42. The van der Waals surface area contributed by atoms with Gasteiger partial charge in [0.05, 0.1) is 0 Å². The Morgan fingerprint density at radius 3 is 2.74 bits per heavy atom. The smallest absolute Gasteiger partial charge is 0.0372 e. The zero-order valence-electron chi connectivity index (χ0n) is 12.0. The van der Waals surface area contributed by atoms with Gasteiger partial charge in [0.25, 0.3) is 0 Å². The molecule has 3 atom stereocenters. The highest BCUT2D eigenvalue weighted by atomic mass is 15.0. The van der Waals surface area contributed by atoms with Crippen LogP contribution in [0.3, 0.4) is 0 Å². The number of nitrogens with one attached hydrogen (secondary N) is 2. The van der Waals surface area contributed by atoms with E-state index < -0.39 is 0 Å². The van der Waals surface area contributed by atoms with Crippen molar-refractivity contribution in [3.63, 3.8) is 0 Å². The van der Waals surface area contributed by atoms with Gasteiger partial charge in [-0.3, -0.25) is 0 Å². The van der Waals surface area contributed by atoms with E-state index in [9.17, 15) is 0 Å². The fourth-order valence-corrected chi connectivity index (χ4v) is 3.83. The van der Waals surface area contributed by atoms with Gasteiger partial charge in [0.15, 0.2) is 0 Å². The number of hydrogen-bond acceptors (Lipinski definition) is 2. The Balaban J connectivity index is 1.67. The lowest BCUT2D eigenvalue weighted by Crippen LogP contribution is -2.44. The monoisotopic (exact) mass is 258 g/mol. The third-order valence-corrected chi connectivity index (χ3v) is 4.92. The summed E-state index contributed by atoms with van der Waals surface area (Å²) in [5.41, 5.74) is 2.69. The van der Waals surface area contributed by atoms with E-state index in [1.54, 1.807) is 0 Å². The van der Waals surface area contributed by atoms with Crippen LogP contribution in [0.5, 0.6) is 0 Å². The van der Waals surface area contributed by atoms with E-state index in [2.05, 4.69) is 41.8 Å². The summed E-state index contributed by atoms with van der Waals surface area (Å²) >= 11 is 0. The van der Waals surface area contributed by atoms with E-state index in [4.69, 9.17) is 0 Å². The van der Waals surface area contributed by atoms with Crippen molar-refractivity contribution in [3.8, 4) is 0 Å². The molecule has 2 aliphatic rings. The van der Waals surface area contributed by atoms with Gasteiger partial charge < -0.3 is 10.6 Å². The predicted octanol–water partition coefficient (Wildman–Crippen LogP) is 3.72. The van der Waals surface area contributed by atoms with Crippen LogP contribution >= 0.6 is 0 Å². The maximum absolute atomic E-state index is 3.82. The molecule has 1 aromatic rings. The predicted molar refractivity (Wildman–Crippen MR) is 81.6 cm³/mol. The first-order valence-corrected chi connectivity index (χ1v) is 7.90. The Morgan fingerprint density at radius 2 is 1.95 bits per heavy atom. The molecule has 2 N–H and O–H groups in total. The molecule has 2 nitrogen and oxygen atoms in total. The van der Waals surface area contributed by atoms with E-state index in [-0.39, 0.29) is 0 Å². The van der Waals surface area contributed by atoms with Gasteiger partial charge in [0.2, 0.25) is 0 Å². The molecule has 1 heterocycles. The number of hydrogen-bond donors (Lipinski definition) is 2. The molecule has 1 aliphatic heterocycles. The van der Waals surface area contributed by atoms with Crippen molar-refractivity contribution in [2.45, 2.75) is 57.5 Å². The SMILES string of the molecule is Cc1ccccc1NC1CCCC1C1CCCCN1. The van der Waals surface area contributed by atoms with Gasteiger partial charge >= 0.3 is 0 Å². The van der Waals surface area contributed by atoms with Gasteiger partial charge in [0.1, 0.15) is 0 Å². The molecule has 1 saturated carbocycles. The molecule has 0 spiro atoms. The van der Waals surface area contributed by atoms with Crippen LogP contribution in [0.25, 0.3) is 0 Å². The summed E-state index contributed by atoms with van der Waals surface area (Å²) in [5.74, 6) is 0.819. The van der Waals surface area contributed by atoms with Gasteiger partial charge in [-0.1, -0.05) is 31.0 Å². The van der Waals surface area contributed by atoms with Crippen LogP contribution in [0.2, 0.25) is 0 Å². The standard InChI is InChI=1S/C17H26N2/c1-13-7-2-3-9-15(13)19-17-11-6-8-14(17)16-10-4-5-12-18-16/h2-3,7,9,14,16-19H,4-6,8,10-12H2,1H3. The first-order valence-electron chi connectivity index (χ1n) is 7.90. The third kappa shape index (κ3) is 2.94. The van der Waals surface area contributed by atoms with Crippen molar-refractivity contribution in [2.75, 3.05) is 11.9 Å². The average molecular weight is 258 g/mol. The van der Waals surface area contributed by atoms with Crippen LogP contribution < -0.4 is 10.6 Å². The third-order valence-electron chi connectivity index (χ3n) is 4.92. The molecular formula is C17H26N2. The quantitative estimate of drug-likeness (QED) is 0.863. The number of piperidine rings is 1. The Hall–Kier alpha value is -1.02. The van der Waals surface area contributed by atoms with Crippen LogP contribution in [0.1, 0.15) is 44.1 Å². The van der Waals surface area contributed by atoms with Crippen molar-refractivity contribution in [3.05, 3.63) is 29.8 Å². The highest BCUT2D eigenvalue weighted by Crippen LogP contribution is 2.34. The molecule has 0 radical (unpaired) electrons. The lowest BCUT2D eigenvalue weighted by atomic mass is 9.88. The van der Waals surface area contributed by atoms with E-state index >= 15 is 0 Å². The fourth-order valence-electron chi connectivity index (χ4n) is 3.83. The average Bonchev–Trinajstić information content (AvgIpc) is 2.91. The van der Waals surface area contributed by atoms with E-state index in [0.717, 1.165) is 12.0 Å². The molecule has 2 fully saturated rings. The fraction of sp³-hybridized carbons (Fsp3) is 0.647. The Bertz CT molecular complexity index is 409. The first kappa shape index (κ1) is 13.0. The Morgan fingerprint density at radius 1 is 1.05 bits per heavy atom. The number of aryl methyl sites for hydroxylation is 1. The van der Waals surface area contributed by atoms with Crippen LogP contribution in [-0.2, 0) is 0 Å². The van der Waals surface area contributed by atoms with Crippen molar-refractivity contribution in [1.29, 1.82) is 0 Å². The van der Waals surface area contributed by atoms with Gasteiger partial charge in [-0.25, -0.2) is 0 Å². The molecule has 0 aromatic heterocycles. The minimum atomic E-state index is 0.664. The highest BCUT2D eigenvalue weighted by Gasteiger charge is 2.34. The van der Waals surface area contributed by atoms with Crippen molar-refractivity contribution < 1.29 is 0 Å². The number of para-hydroxylation sites is 1. The van der Waals surface area contributed by atoms with Crippen LogP contribution in [0.15, 0.2) is 24.3 Å². The molecule has 3 unspecified atom stereocenters. The molecule has 2 heteroatoms. The summed E-state index contributed by atoms with van der Waals surface area (Å²) in [5, 5.41) is 7.57. The molecule has 19 heavy (non-hydrogen) atoms. The molecule has 1 aliphatic carbocycles. The summed E-state index contributed by atoms with van der Waals surface area (Å²) in [6, 6.07) is 10.1. The zero-order chi connectivity index (χ0) is 13.1. The first-order chi connectivity index (χ1) is 9.34. The van der Waals surface area contributed by atoms with Crippen LogP contribution in [0, 0.1) is 12.8 Å². The second-order valence-corrected chi connectivity index (χ2v) is 6.22. The zero-order valence-corrected chi connectivity index (χ0v) is 12.0. The molecule has 104 valence electrons. The largest absolute Gasteiger partial charge is 0.382 e. The summed E-state index contributed by atoms with van der Waals surface area (Å²) in [7, 11) is 0. The van der Waals surface area contributed by atoms with Crippen molar-refractivity contribution >= 4 is 5.69 Å². The summed E-state index contributed by atoms with van der Waals surface area (Å²) < 4.78 is 0. The van der Waals surface area contributed by atoms with E-state index in [0.29, 0.717) is 6.04 Å². The molecule has 0 bridgehead atoms. The molecule has 3 rings (SSSR count). The number of anilines is 1. The lowest BCUT2D eigenvalue weighted by Gasteiger charge is -2.33. The second kappa shape index (κ2) is 5.96. The molecule has 1 aromatic carbocycles. The minimum absolute atomic E-state index is 0.664. The number of rotatable bonds is 3. The molecule has 0 amide bonds. The maximum Gasteiger partial charge on any atom is 0.0372 e. The van der Waals surface area contributed by atoms with Gasteiger partial charge in [-0.05, 0) is 56.7 Å². The lowest BCUT2D eigenvalue weighted by molar-refractivity contribution is 0.286. The Labute approximate surface area is 117 Å². The van der Waals surface area contributed by atoms with Crippen LogP contribution in [0.4, 0.5) is 5.69 Å². The van der Waals surface area contributed by atoms with Gasteiger partial charge in [0, 0.05) is 17.8 Å². The minimum Gasteiger partial charge on any atom is -0.382 e. The molecular weight excluding hydrogens is 232 g/mol. The maximum atomic E-state index is 3.82.